The van der Waals surface area contributed by atoms with Crippen LogP contribution in [0.25, 0.3) is 0 Å². The number of unbranched alkanes of at least 4 members (excludes halogenated alkanes) is 2. The maximum Gasteiger partial charge on any atom is 0.343 e. The number of hydrogen-bond donors (Lipinski definition) is 0. The first kappa shape index (κ1) is 30.8. The van der Waals surface area contributed by atoms with Crippen molar-refractivity contribution in [3.63, 3.8) is 0 Å². The van der Waals surface area contributed by atoms with Crippen molar-refractivity contribution in [1.29, 1.82) is 0 Å². The quantitative estimate of drug-likeness (QED) is 0.0580. The summed E-state index contributed by atoms with van der Waals surface area (Å²) in [6.07, 6.45) is 10.1. The van der Waals surface area contributed by atoms with Gasteiger partial charge in [0, 0.05) is 6.08 Å². The van der Waals surface area contributed by atoms with Crippen molar-refractivity contribution < 1.29 is 33.3 Å². The molecule has 0 N–H and O–H groups in total. The van der Waals surface area contributed by atoms with Gasteiger partial charge in [-0.15, -0.1) is 0 Å². The van der Waals surface area contributed by atoms with Crippen LogP contribution in [0.4, 0.5) is 0 Å². The minimum Gasteiger partial charge on any atom is -0.494 e. The molecule has 0 spiro atoms. The summed E-state index contributed by atoms with van der Waals surface area (Å²) in [4.78, 5) is 35.9. The second kappa shape index (κ2) is 17.2. The summed E-state index contributed by atoms with van der Waals surface area (Å²) in [5.74, 6) is -0.330. The lowest BCUT2D eigenvalue weighted by Crippen LogP contribution is -2.06. The Kier molecular flexibility index (Phi) is 13.6. The van der Waals surface area contributed by atoms with Crippen molar-refractivity contribution in [2.45, 2.75) is 46.0 Å². The van der Waals surface area contributed by atoms with Gasteiger partial charge in [-0.3, -0.25) is 0 Å². The normalized spacial score (nSPS) is 11.3. The average Bonchev–Trinajstić information content (AvgIpc) is 2.96. The van der Waals surface area contributed by atoms with Gasteiger partial charge in [0.2, 0.25) is 0 Å². The molecule has 39 heavy (non-hydrogen) atoms. The summed E-state index contributed by atoms with van der Waals surface area (Å²) in [7, 11) is 0. The van der Waals surface area contributed by atoms with Crippen molar-refractivity contribution in [1.82, 2.24) is 0 Å². The number of benzene rings is 2. The van der Waals surface area contributed by atoms with Crippen LogP contribution in [0.15, 0.2) is 97.5 Å². The molecule has 0 amide bonds. The summed E-state index contributed by atoms with van der Waals surface area (Å²) in [6.45, 7) is 11.5. The number of carbonyl (C=O) groups excluding carboxylic acids is 3. The van der Waals surface area contributed by atoms with Gasteiger partial charge in [0.25, 0.3) is 0 Å². The second-order valence-corrected chi connectivity index (χ2v) is 8.58. The molecule has 0 unspecified atom stereocenters. The Morgan fingerprint density at radius 1 is 0.769 bits per heavy atom. The Morgan fingerprint density at radius 2 is 1.38 bits per heavy atom. The Hall–Kier alpha value is -4.39. The van der Waals surface area contributed by atoms with Gasteiger partial charge in [-0.05, 0) is 92.8 Å². The van der Waals surface area contributed by atoms with Crippen molar-refractivity contribution >= 4 is 17.9 Å². The summed E-state index contributed by atoms with van der Waals surface area (Å²) >= 11 is 0. The molecular formula is C32H36O7. The number of ether oxygens (including phenoxy) is 4. The number of hydrogen-bond acceptors (Lipinski definition) is 7. The van der Waals surface area contributed by atoms with Crippen molar-refractivity contribution in [3.05, 3.63) is 114 Å². The van der Waals surface area contributed by atoms with Crippen LogP contribution in [-0.4, -0.2) is 31.1 Å². The zero-order chi connectivity index (χ0) is 28.5. The summed E-state index contributed by atoms with van der Waals surface area (Å²) in [5, 5.41) is 0. The molecule has 2 aromatic rings. The van der Waals surface area contributed by atoms with Gasteiger partial charge in [-0.25, -0.2) is 14.4 Å². The van der Waals surface area contributed by atoms with E-state index in [0.29, 0.717) is 48.7 Å². The first-order valence-corrected chi connectivity index (χ1v) is 12.9. The molecule has 0 saturated heterocycles. The summed E-state index contributed by atoms with van der Waals surface area (Å²) in [6, 6.07) is 13.9. The minimum atomic E-state index is -0.567. The number of esters is 3. The van der Waals surface area contributed by atoms with E-state index in [2.05, 4.69) is 20.1 Å². The van der Waals surface area contributed by atoms with Crippen LogP contribution in [0.1, 0.15) is 65.8 Å². The standard InChI is InChI=1S/C32H36O7/c1-5-8-11-25-13-15-26(16-14-25)31(34)38-24(4)12-19-28(6-2)39-32(35)27-17-20-29(21-18-27)36-22-9-10-23-37-30(33)7-3/h6-7,12-21H,2-3,5,8-11,22-23H2,1,4H3/b24-12+,28-19+. The van der Waals surface area contributed by atoms with Crippen LogP contribution in [0.2, 0.25) is 0 Å². The predicted molar refractivity (Wildman–Crippen MR) is 150 cm³/mol. The van der Waals surface area contributed by atoms with Crippen LogP contribution >= 0.6 is 0 Å². The topological polar surface area (TPSA) is 88.1 Å². The third-order valence-corrected chi connectivity index (χ3v) is 5.46. The first-order chi connectivity index (χ1) is 18.9. The van der Waals surface area contributed by atoms with E-state index in [1.54, 1.807) is 43.3 Å². The fraction of sp³-hybridized carbons (Fsp3) is 0.281. The highest BCUT2D eigenvalue weighted by atomic mass is 16.5. The number of carbonyl (C=O) groups is 3. The van der Waals surface area contributed by atoms with Crippen LogP contribution in [0, 0.1) is 0 Å². The van der Waals surface area contributed by atoms with E-state index < -0.39 is 17.9 Å². The van der Waals surface area contributed by atoms with E-state index in [0.717, 1.165) is 25.3 Å². The van der Waals surface area contributed by atoms with E-state index in [-0.39, 0.29) is 5.76 Å². The highest BCUT2D eigenvalue weighted by Crippen LogP contribution is 2.16. The first-order valence-electron chi connectivity index (χ1n) is 12.9. The van der Waals surface area contributed by atoms with Crippen molar-refractivity contribution in [3.8, 4) is 5.75 Å². The lowest BCUT2D eigenvalue weighted by molar-refractivity contribution is -0.137. The zero-order valence-corrected chi connectivity index (χ0v) is 22.6. The van der Waals surface area contributed by atoms with E-state index in [1.807, 2.05) is 12.1 Å². The van der Waals surface area contributed by atoms with E-state index >= 15 is 0 Å². The van der Waals surface area contributed by atoms with Gasteiger partial charge in [0.15, 0.2) is 0 Å². The smallest absolute Gasteiger partial charge is 0.343 e. The Bertz CT molecular complexity index is 1170. The maximum absolute atomic E-state index is 12.5. The molecular weight excluding hydrogens is 496 g/mol. The van der Waals surface area contributed by atoms with Crippen molar-refractivity contribution in [2.75, 3.05) is 13.2 Å². The van der Waals surface area contributed by atoms with E-state index in [9.17, 15) is 14.4 Å². The maximum atomic E-state index is 12.5. The molecule has 206 valence electrons. The fourth-order valence-corrected chi connectivity index (χ4v) is 3.25. The van der Waals surface area contributed by atoms with Crippen LogP contribution in [-0.2, 0) is 25.4 Å². The highest BCUT2D eigenvalue weighted by Gasteiger charge is 2.10. The number of allylic oxidation sites excluding steroid dienone is 4. The molecule has 2 aromatic carbocycles. The molecule has 0 atom stereocenters. The molecule has 7 nitrogen and oxygen atoms in total. The van der Waals surface area contributed by atoms with Crippen LogP contribution < -0.4 is 4.74 Å². The average molecular weight is 533 g/mol. The molecule has 0 aliphatic heterocycles. The van der Waals surface area contributed by atoms with Gasteiger partial charge < -0.3 is 18.9 Å². The van der Waals surface area contributed by atoms with Crippen molar-refractivity contribution in [2.24, 2.45) is 0 Å². The minimum absolute atomic E-state index is 0.202. The zero-order valence-electron chi connectivity index (χ0n) is 22.6. The molecule has 2 rings (SSSR count). The van der Waals surface area contributed by atoms with Gasteiger partial charge in [-0.1, -0.05) is 38.6 Å². The Morgan fingerprint density at radius 3 is 2.00 bits per heavy atom. The van der Waals surface area contributed by atoms with E-state index in [4.69, 9.17) is 18.9 Å². The lowest BCUT2D eigenvalue weighted by Gasteiger charge is -2.08. The van der Waals surface area contributed by atoms with Gasteiger partial charge in [-0.2, -0.15) is 0 Å². The Balaban J connectivity index is 1.83. The largest absolute Gasteiger partial charge is 0.494 e. The predicted octanol–water partition coefficient (Wildman–Crippen LogP) is 6.90. The Labute approximate surface area is 230 Å². The molecule has 0 radical (unpaired) electrons. The number of aryl methyl sites for hydroxylation is 1. The lowest BCUT2D eigenvalue weighted by atomic mass is 10.1. The summed E-state index contributed by atoms with van der Waals surface area (Å²) < 4.78 is 21.3. The fourth-order valence-electron chi connectivity index (χ4n) is 3.25. The monoisotopic (exact) mass is 532 g/mol. The van der Waals surface area contributed by atoms with Crippen LogP contribution in [0.3, 0.4) is 0 Å². The third-order valence-electron chi connectivity index (χ3n) is 5.46. The summed E-state index contributed by atoms with van der Waals surface area (Å²) in [5.41, 5.74) is 1.98. The molecule has 0 aliphatic carbocycles. The molecule has 0 fully saturated rings. The third kappa shape index (κ3) is 11.7. The van der Waals surface area contributed by atoms with Crippen LogP contribution in [0.5, 0.6) is 5.75 Å². The van der Waals surface area contributed by atoms with Gasteiger partial charge >= 0.3 is 17.9 Å². The molecule has 0 bridgehead atoms. The van der Waals surface area contributed by atoms with E-state index in [1.165, 1.54) is 23.8 Å². The highest BCUT2D eigenvalue weighted by molar-refractivity contribution is 5.91. The number of rotatable bonds is 16. The van der Waals surface area contributed by atoms with Gasteiger partial charge in [0.1, 0.15) is 17.3 Å². The second-order valence-electron chi connectivity index (χ2n) is 8.58. The molecule has 0 heterocycles. The SMILES string of the molecule is C=CC(=O)OCCCCOc1ccc(C(=O)O/C(C=C)=C/C=C(\C)OC(=O)c2ccc(CCCC)cc2)cc1. The molecule has 7 heteroatoms. The molecule has 0 aliphatic rings. The van der Waals surface area contributed by atoms with Gasteiger partial charge in [0.05, 0.1) is 24.3 Å². The molecule has 0 aromatic heterocycles. The molecule has 0 saturated carbocycles.